The van der Waals surface area contributed by atoms with E-state index in [0.29, 0.717) is 12.4 Å². The number of methoxy groups -OCH3 is 1. The van der Waals surface area contributed by atoms with Gasteiger partial charge < -0.3 is 14.8 Å². The molecule has 1 atom stereocenters. The third-order valence-corrected chi connectivity index (χ3v) is 2.01. The van der Waals surface area contributed by atoms with Gasteiger partial charge in [-0.3, -0.25) is 10.1 Å². The highest BCUT2D eigenvalue weighted by Crippen LogP contribution is 2.26. The van der Waals surface area contributed by atoms with Crippen molar-refractivity contribution < 1.29 is 14.4 Å². The van der Waals surface area contributed by atoms with E-state index in [1.165, 1.54) is 19.2 Å². The lowest BCUT2D eigenvalue weighted by atomic mass is 10.4. The second-order valence-corrected chi connectivity index (χ2v) is 3.41. The maximum absolute atomic E-state index is 10.8. The Kier molecular flexibility index (Phi) is 4.65. The van der Waals surface area contributed by atoms with Crippen LogP contribution >= 0.6 is 0 Å². The van der Waals surface area contributed by atoms with Gasteiger partial charge in [-0.2, -0.15) is 4.98 Å². The Hall–Kier alpha value is -1.89. The molecule has 1 aromatic heterocycles. The summed E-state index contributed by atoms with van der Waals surface area (Å²) >= 11 is 0. The summed E-state index contributed by atoms with van der Waals surface area (Å²) in [6.45, 7) is 2.09. The SMILES string of the molecule is CNc1ccc([N+](=O)[O-])c(OC(C)COC)n1. The third-order valence-electron chi connectivity index (χ3n) is 2.01. The van der Waals surface area contributed by atoms with Crippen molar-refractivity contribution in [1.29, 1.82) is 0 Å². The van der Waals surface area contributed by atoms with Gasteiger partial charge >= 0.3 is 5.69 Å². The molecule has 7 heteroatoms. The van der Waals surface area contributed by atoms with E-state index < -0.39 is 4.92 Å². The van der Waals surface area contributed by atoms with Gasteiger partial charge in [0.2, 0.25) is 0 Å². The van der Waals surface area contributed by atoms with Crippen LogP contribution in [0.3, 0.4) is 0 Å². The Morgan fingerprint density at radius 2 is 2.29 bits per heavy atom. The molecule has 0 aliphatic carbocycles. The zero-order chi connectivity index (χ0) is 12.8. The lowest BCUT2D eigenvalue weighted by Gasteiger charge is -2.13. The zero-order valence-corrected chi connectivity index (χ0v) is 9.97. The monoisotopic (exact) mass is 241 g/mol. The summed E-state index contributed by atoms with van der Waals surface area (Å²) in [6.07, 6.45) is -0.307. The highest BCUT2D eigenvalue weighted by molar-refractivity contribution is 5.48. The molecule has 0 saturated heterocycles. The number of ether oxygens (including phenoxy) is 2. The molecule has 1 N–H and O–H groups in total. The largest absolute Gasteiger partial charge is 0.467 e. The lowest BCUT2D eigenvalue weighted by molar-refractivity contribution is -0.386. The average Bonchev–Trinajstić information content (AvgIpc) is 2.28. The van der Waals surface area contributed by atoms with Gasteiger partial charge in [0.05, 0.1) is 11.5 Å². The van der Waals surface area contributed by atoms with Crippen LogP contribution in [-0.4, -0.2) is 36.8 Å². The fourth-order valence-corrected chi connectivity index (χ4v) is 1.26. The molecule has 1 unspecified atom stereocenters. The van der Waals surface area contributed by atoms with Crippen LogP contribution in [0.25, 0.3) is 0 Å². The van der Waals surface area contributed by atoms with Crippen LogP contribution < -0.4 is 10.1 Å². The van der Waals surface area contributed by atoms with Gasteiger partial charge in [-0.25, -0.2) is 0 Å². The molecule has 0 aliphatic heterocycles. The molecule has 17 heavy (non-hydrogen) atoms. The number of nitrogens with one attached hydrogen (secondary N) is 1. The number of nitrogens with zero attached hydrogens (tertiary/aromatic N) is 2. The Morgan fingerprint density at radius 3 is 2.82 bits per heavy atom. The topological polar surface area (TPSA) is 86.5 Å². The number of hydrogen-bond donors (Lipinski definition) is 1. The Morgan fingerprint density at radius 1 is 1.59 bits per heavy atom. The standard InChI is InChI=1S/C10H15N3O4/c1-7(6-16-3)17-10-8(13(14)15)4-5-9(11-2)12-10/h4-5,7H,6H2,1-3H3,(H,11,12). The Labute approximate surface area is 98.9 Å². The summed E-state index contributed by atoms with van der Waals surface area (Å²) in [7, 11) is 3.21. The molecule has 0 bridgehead atoms. The van der Waals surface area contributed by atoms with Gasteiger partial charge in [-0.15, -0.1) is 0 Å². The highest BCUT2D eigenvalue weighted by Gasteiger charge is 2.19. The molecule has 0 saturated carbocycles. The summed E-state index contributed by atoms with van der Waals surface area (Å²) in [4.78, 5) is 14.3. The molecule has 0 amide bonds. The van der Waals surface area contributed by atoms with E-state index in [2.05, 4.69) is 10.3 Å². The summed E-state index contributed by atoms with van der Waals surface area (Å²) in [5, 5.41) is 13.6. The maximum atomic E-state index is 10.8. The first kappa shape index (κ1) is 13.2. The minimum absolute atomic E-state index is 0.00796. The van der Waals surface area contributed by atoms with Gasteiger partial charge in [-0.05, 0) is 13.0 Å². The van der Waals surface area contributed by atoms with Gasteiger partial charge in [0.15, 0.2) is 0 Å². The molecular formula is C10H15N3O4. The van der Waals surface area contributed by atoms with Crippen LogP contribution in [0.15, 0.2) is 12.1 Å². The number of anilines is 1. The van der Waals surface area contributed by atoms with Crippen molar-refractivity contribution in [2.75, 3.05) is 26.1 Å². The molecule has 7 nitrogen and oxygen atoms in total. The predicted octanol–water partition coefficient (Wildman–Crippen LogP) is 1.45. The maximum Gasteiger partial charge on any atom is 0.331 e. The highest BCUT2D eigenvalue weighted by atomic mass is 16.6. The van der Waals surface area contributed by atoms with Gasteiger partial charge in [0.1, 0.15) is 11.9 Å². The molecule has 0 aromatic carbocycles. The first-order chi connectivity index (χ1) is 8.08. The number of hydrogen-bond acceptors (Lipinski definition) is 6. The fraction of sp³-hybridized carbons (Fsp3) is 0.500. The Bertz CT molecular complexity index is 397. The van der Waals surface area contributed by atoms with E-state index in [1.807, 2.05) is 0 Å². The third kappa shape index (κ3) is 3.56. The normalized spacial score (nSPS) is 11.9. The summed E-state index contributed by atoms with van der Waals surface area (Å²) < 4.78 is 10.3. The first-order valence-electron chi connectivity index (χ1n) is 5.07. The molecule has 1 aromatic rings. The molecule has 0 radical (unpaired) electrons. The number of aromatic nitrogens is 1. The van der Waals surface area contributed by atoms with E-state index in [-0.39, 0.29) is 17.7 Å². The predicted molar refractivity (Wildman–Crippen MR) is 62.4 cm³/mol. The van der Waals surface area contributed by atoms with Crippen LogP contribution in [0, 0.1) is 10.1 Å². The van der Waals surface area contributed by atoms with Crippen molar-refractivity contribution in [2.24, 2.45) is 0 Å². The van der Waals surface area contributed by atoms with Crippen LogP contribution in [0.2, 0.25) is 0 Å². The second kappa shape index (κ2) is 6.00. The number of pyridine rings is 1. The van der Waals surface area contributed by atoms with Crippen LogP contribution in [0.1, 0.15) is 6.92 Å². The smallest absolute Gasteiger partial charge is 0.331 e. The van der Waals surface area contributed by atoms with E-state index in [1.54, 1.807) is 14.0 Å². The van der Waals surface area contributed by atoms with Gasteiger partial charge in [-0.1, -0.05) is 0 Å². The lowest BCUT2D eigenvalue weighted by Crippen LogP contribution is -2.19. The van der Waals surface area contributed by atoms with E-state index >= 15 is 0 Å². The molecule has 0 fully saturated rings. The van der Waals surface area contributed by atoms with Crippen molar-refractivity contribution >= 4 is 11.5 Å². The van der Waals surface area contributed by atoms with Crippen molar-refractivity contribution in [3.63, 3.8) is 0 Å². The van der Waals surface area contributed by atoms with Crippen molar-refractivity contribution in [3.8, 4) is 5.88 Å². The Balaban J connectivity index is 2.96. The van der Waals surface area contributed by atoms with Crippen LogP contribution in [0.5, 0.6) is 5.88 Å². The van der Waals surface area contributed by atoms with E-state index in [9.17, 15) is 10.1 Å². The summed E-state index contributed by atoms with van der Waals surface area (Å²) in [5.41, 5.74) is -0.160. The molecule has 0 aliphatic rings. The zero-order valence-electron chi connectivity index (χ0n) is 9.97. The number of rotatable bonds is 6. The van der Waals surface area contributed by atoms with Crippen molar-refractivity contribution in [2.45, 2.75) is 13.0 Å². The first-order valence-corrected chi connectivity index (χ1v) is 5.07. The molecule has 94 valence electrons. The van der Waals surface area contributed by atoms with E-state index in [4.69, 9.17) is 9.47 Å². The van der Waals surface area contributed by atoms with E-state index in [0.717, 1.165) is 0 Å². The summed E-state index contributed by atoms with van der Waals surface area (Å²) in [6, 6.07) is 2.87. The second-order valence-electron chi connectivity index (χ2n) is 3.41. The van der Waals surface area contributed by atoms with Gasteiger partial charge in [0.25, 0.3) is 5.88 Å². The quantitative estimate of drug-likeness (QED) is 0.599. The fourth-order valence-electron chi connectivity index (χ4n) is 1.26. The molecular weight excluding hydrogens is 226 g/mol. The number of nitro groups is 1. The van der Waals surface area contributed by atoms with Crippen molar-refractivity contribution in [3.05, 3.63) is 22.2 Å². The average molecular weight is 241 g/mol. The minimum atomic E-state index is -0.526. The molecule has 0 spiro atoms. The molecule has 1 heterocycles. The van der Waals surface area contributed by atoms with Crippen molar-refractivity contribution in [1.82, 2.24) is 4.98 Å². The van der Waals surface area contributed by atoms with Crippen LogP contribution in [-0.2, 0) is 4.74 Å². The summed E-state index contributed by atoms with van der Waals surface area (Å²) in [5.74, 6) is 0.501. The minimum Gasteiger partial charge on any atom is -0.467 e. The van der Waals surface area contributed by atoms with Gasteiger partial charge in [0, 0.05) is 20.2 Å². The molecule has 1 rings (SSSR count). The van der Waals surface area contributed by atoms with Crippen LogP contribution in [0.4, 0.5) is 11.5 Å².